The Morgan fingerprint density at radius 3 is 3.12 bits per heavy atom. The molecule has 1 aromatic heterocycles. The number of likely N-dealkylation sites (tertiary alicyclic amines) is 1. The molecule has 0 aliphatic carbocycles. The summed E-state index contributed by atoms with van der Waals surface area (Å²) in [5.74, 6) is -0.649. The van der Waals surface area contributed by atoms with Crippen molar-refractivity contribution in [3.63, 3.8) is 0 Å². The van der Waals surface area contributed by atoms with Crippen molar-refractivity contribution in [2.45, 2.75) is 18.6 Å². The van der Waals surface area contributed by atoms with E-state index in [1.807, 2.05) is 0 Å². The molecule has 2 saturated heterocycles. The summed E-state index contributed by atoms with van der Waals surface area (Å²) in [7, 11) is 0. The number of halogens is 1. The molecule has 2 aliphatic heterocycles. The molecule has 0 radical (unpaired) electrons. The molecule has 0 aromatic carbocycles. The summed E-state index contributed by atoms with van der Waals surface area (Å²) in [4.78, 5) is 17.4. The first kappa shape index (κ1) is 9.72. The number of rotatable bonds is 1. The molecule has 5 heteroatoms. The molecule has 0 saturated carbocycles. The van der Waals surface area contributed by atoms with Crippen LogP contribution in [0.2, 0.25) is 0 Å². The third-order valence-electron chi connectivity index (χ3n) is 3.01. The highest BCUT2D eigenvalue weighted by molar-refractivity contribution is 5.94. The Hall–Kier alpha value is -1.49. The van der Waals surface area contributed by atoms with Gasteiger partial charge in [0.15, 0.2) is 0 Å². The summed E-state index contributed by atoms with van der Waals surface area (Å²) in [5, 5.41) is 0. The molecular formula is C11H11FN2O2. The quantitative estimate of drug-likeness (QED) is 0.661. The second-order valence-electron chi connectivity index (χ2n) is 4.14. The SMILES string of the molecule is O=C(c1cncc(F)c1)N1CC[C@H]2O[C@@H]2C1. The second-order valence-corrected chi connectivity index (χ2v) is 4.14. The first-order chi connectivity index (χ1) is 7.74. The summed E-state index contributed by atoms with van der Waals surface area (Å²) in [6.07, 6.45) is 3.89. The molecule has 3 rings (SSSR count). The van der Waals surface area contributed by atoms with Gasteiger partial charge in [0.05, 0.1) is 17.9 Å². The van der Waals surface area contributed by atoms with Crippen LogP contribution in [0.4, 0.5) is 4.39 Å². The highest BCUT2D eigenvalue weighted by Gasteiger charge is 2.44. The molecule has 2 atom stereocenters. The molecule has 1 amide bonds. The highest BCUT2D eigenvalue weighted by Crippen LogP contribution is 2.31. The lowest BCUT2D eigenvalue weighted by atomic mass is 10.1. The molecule has 84 valence electrons. The van der Waals surface area contributed by atoms with E-state index in [1.165, 1.54) is 12.3 Å². The monoisotopic (exact) mass is 222 g/mol. The van der Waals surface area contributed by atoms with Gasteiger partial charge in [-0.2, -0.15) is 0 Å². The Labute approximate surface area is 92.0 Å². The van der Waals surface area contributed by atoms with Gasteiger partial charge in [-0.3, -0.25) is 9.78 Å². The number of nitrogens with zero attached hydrogens (tertiary/aromatic N) is 2. The number of carbonyl (C=O) groups excluding carboxylic acids is 1. The molecule has 16 heavy (non-hydrogen) atoms. The maximum atomic E-state index is 12.9. The molecule has 0 N–H and O–H groups in total. The maximum absolute atomic E-state index is 12.9. The van der Waals surface area contributed by atoms with Crippen molar-refractivity contribution < 1.29 is 13.9 Å². The third-order valence-corrected chi connectivity index (χ3v) is 3.01. The fourth-order valence-electron chi connectivity index (χ4n) is 2.08. The minimum atomic E-state index is -0.483. The van der Waals surface area contributed by atoms with Crippen LogP contribution in [0, 0.1) is 5.82 Å². The Morgan fingerprint density at radius 2 is 2.38 bits per heavy atom. The molecule has 2 aliphatic rings. The molecule has 1 aromatic rings. The van der Waals surface area contributed by atoms with Gasteiger partial charge in [0, 0.05) is 19.3 Å². The first-order valence-corrected chi connectivity index (χ1v) is 5.29. The van der Waals surface area contributed by atoms with Crippen LogP contribution in [0.25, 0.3) is 0 Å². The molecule has 3 heterocycles. The zero-order valence-electron chi connectivity index (χ0n) is 8.60. The predicted octanol–water partition coefficient (Wildman–Crippen LogP) is 0.834. The number of epoxide rings is 1. The summed E-state index contributed by atoms with van der Waals surface area (Å²) < 4.78 is 18.3. The van der Waals surface area contributed by atoms with Crippen molar-refractivity contribution in [3.8, 4) is 0 Å². The van der Waals surface area contributed by atoms with E-state index in [4.69, 9.17) is 4.74 Å². The van der Waals surface area contributed by atoms with Crippen molar-refractivity contribution in [1.29, 1.82) is 0 Å². The molecule has 0 unspecified atom stereocenters. The van der Waals surface area contributed by atoms with Crippen LogP contribution < -0.4 is 0 Å². The van der Waals surface area contributed by atoms with Gasteiger partial charge in [-0.15, -0.1) is 0 Å². The smallest absolute Gasteiger partial charge is 0.255 e. The highest BCUT2D eigenvalue weighted by atomic mass is 19.1. The van der Waals surface area contributed by atoms with E-state index in [1.54, 1.807) is 4.90 Å². The maximum Gasteiger partial charge on any atom is 0.255 e. The summed E-state index contributed by atoms with van der Waals surface area (Å²) in [5.41, 5.74) is 0.305. The fraction of sp³-hybridized carbons (Fsp3) is 0.455. The van der Waals surface area contributed by atoms with Crippen LogP contribution in [-0.4, -0.2) is 41.1 Å². The molecular weight excluding hydrogens is 211 g/mol. The lowest BCUT2D eigenvalue weighted by Crippen LogP contribution is -2.39. The predicted molar refractivity (Wildman–Crippen MR) is 53.4 cm³/mol. The van der Waals surface area contributed by atoms with Crippen LogP contribution in [0.5, 0.6) is 0 Å². The van der Waals surface area contributed by atoms with Gasteiger partial charge in [-0.05, 0) is 12.5 Å². The Kier molecular flexibility index (Phi) is 2.14. The summed E-state index contributed by atoms with van der Waals surface area (Å²) in [6.45, 7) is 1.29. The number of amides is 1. The van der Waals surface area contributed by atoms with Gasteiger partial charge < -0.3 is 9.64 Å². The van der Waals surface area contributed by atoms with Crippen LogP contribution in [-0.2, 0) is 4.74 Å². The fourth-order valence-corrected chi connectivity index (χ4v) is 2.08. The largest absolute Gasteiger partial charge is 0.368 e. The van der Waals surface area contributed by atoms with Crippen LogP contribution in [0.3, 0.4) is 0 Å². The van der Waals surface area contributed by atoms with Crippen molar-refractivity contribution in [3.05, 3.63) is 29.8 Å². The third kappa shape index (κ3) is 1.67. The van der Waals surface area contributed by atoms with Gasteiger partial charge >= 0.3 is 0 Å². The second kappa shape index (κ2) is 3.52. The average Bonchev–Trinajstić information content (AvgIpc) is 3.06. The minimum Gasteiger partial charge on any atom is -0.368 e. The molecule has 0 bridgehead atoms. The van der Waals surface area contributed by atoms with Crippen LogP contribution in [0.1, 0.15) is 16.8 Å². The van der Waals surface area contributed by atoms with Crippen LogP contribution in [0.15, 0.2) is 18.5 Å². The number of aromatic nitrogens is 1. The van der Waals surface area contributed by atoms with Crippen molar-refractivity contribution in [2.75, 3.05) is 13.1 Å². The normalized spacial score (nSPS) is 27.4. The van der Waals surface area contributed by atoms with E-state index in [-0.39, 0.29) is 12.0 Å². The zero-order valence-corrected chi connectivity index (χ0v) is 8.60. The van der Waals surface area contributed by atoms with Crippen molar-refractivity contribution in [2.24, 2.45) is 0 Å². The Balaban J connectivity index is 1.76. The van der Waals surface area contributed by atoms with E-state index in [2.05, 4.69) is 4.98 Å². The number of fused-ring (bicyclic) bond motifs is 1. The number of pyridine rings is 1. The van der Waals surface area contributed by atoms with Crippen LogP contribution >= 0.6 is 0 Å². The standard InChI is InChI=1S/C11H11FN2O2/c12-8-3-7(4-13-5-8)11(15)14-2-1-9-10(6-14)16-9/h3-5,9-10H,1-2,6H2/t9-,10-/m1/s1. The van der Waals surface area contributed by atoms with Gasteiger partial charge in [0.25, 0.3) is 5.91 Å². The number of hydrogen-bond acceptors (Lipinski definition) is 3. The summed E-state index contributed by atoms with van der Waals surface area (Å²) in [6, 6.07) is 1.22. The number of ether oxygens (including phenoxy) is 1. The van der Waals surface area contributed by atoms with Crippen molar-refractivity contribution >= 4 is 5.91 Å². The van der Waals surface area contributed by atoms with E-state index < -0.39 is 5.82 Å². The Bertz CT molecular complexity index is 438. The van der Waals surface area contributed by atoms with E-state index >= 15 is 0 Å². The van der Waals surface area contributed by atoms with Gasteiger partial charge in [0.2, 0.25) is 0 Å². The summed E-state index contributed by atoms with van der Waals surface area (Å²) >= 11 is 0. The van der Waals surface area contributed by atoms with E-state index in [0.29, 0.717) is 24.8 Å². The zero-order chi connectivity index (χ0) is 11.1. The average molecular weight is 222 g/mol. The van der Waals surface area contributed by atoms with E-state index in [0.717, 1.165) is 12.6 Å². The molecule has 2 fully saturated rings. The van der Waals surface area contributed by atoms with Crippen molar-refractivity contribution in [1.82, 2.24) is 9.88 Å². The lowest BCUT2D eigenvalue weighted by molar-refractivity contribution is 0.0735. The lowest BCUT2D eigenvalue weighted by Gasteiger charge is -2.24. The topological polar surface area (TPSA) is 45.7 Å². The first-order valence-electron chi connectivity index (χ1n) is 5.29. The van der Waals surface area contributed by atoms with Gasteiger partial charge in [-0.25, -0.2) is 4.39 Å². The number of carbonyl (C=O) groups is 1. The minimum absolute atomic E-state index is 0.166. The van der Waals surface area contributed by atoms with Gasteiger partial charge in [0.1, 0.15) is 11.9 Å². The van der Waals surface area contributed by atoms with E-state index in [9.17, 15) is 9.18 Å². The molecule has 0 spiro atoms. The molecule has 4 nitrogen and oxygen atoms in total. The van der Waals surface area contributed by atoms with Gasteiger partial charge in [-0.1, -0.05) is 0 Å². The number of hydrogen-bond donors (Lipinski definition) is 0. The number of piperidine rings is 1. The Morgan fingerprint density at radius 1 is 1.50 bits per heavy atom.